The Hall–Kier alpha value is -2.04. The van der Waals surface area contributed by atoms with Crippen LogP contribution in [0.3, 0.4) is 0 Å². The van der Waals surface area contributed by atoms with E-state index in [0.717, 1.165) is 0 Å². The van der Waals surface area contributed by atoms with Crippen molar-refractivity contribution < 1.29 is 9.63 Å². The van der Waals surface area contributed by atoms with Crippen LogP contribution in [0.4, 0.5) is 5.69 Å². The van der Waals surface area contributed by atoms with Gasteiger partial charge in [0.2, 0.25) is 5.78 Å². The summed E-state index contributed by atoms with van der Waals surface area (Å²) >= 11 is 0. The van der Waals surface area contributed by atoms with Crippen LogP contribution < -0.4 is 0 Å². The van der Waals surface area contributed by atoms with Gasteiger partial charge in [0.1, 0.15) is 5.71 Å². The second kappa shape index (κ2) is 4.00. The van der Waals surface area contributed by atoms with Gasteiger partial charge >= 0.3 is 0 Å². The molecule has 1 unspecified atom stereocenters. The van der Waals surface area contributed by atoms with Gasteiger partial charge in [0, 0.05) is 0 Å². The van der Waals surface area contributed by atoms with Crippen molar-refractivity contribution in [3.05, 3.63) is 30.3 Å². The molecule has 0 saturated carbocycles. The lowest BCUT2D eigenvalue weighted by atomic mass is 10.3. The zero-order valence-electron chi connectivity index (χ0n) is 8.12. The molecule has 1 aromatic rings. The fourth-order valence-corrected chi connectivity index (χ4v) is 1.09. The average molecular weight is 203 g/mol. The van der Waals surface area contributed by atoms with Gasteiger partial charge in [-0.05, 0) is 19.1 Å². The van der Waals surface area contributed by atoms with Gasteiger partial charge in [-0.15, -0.1) is 5.11 Å². The van der Waals surface area contributed by atoms with E-state index in [2.05, 4.69) is 15.4 Å². The Morgan fingerprint density at radius 3 is 2.67 bits per heavy atom. The van der Waals surface area contributed by atoms with Crippen molar-refractivity contribution in [2.45, 2.75) is 13.2 Å². The topological polar surface area (TPSA) is 63.4 Å². The van der Waals surface area contributed by atoms with Crippen LogP contribution in [0.5, 0.6) is 0 Å². The summed E-state index contributed by atoms with van der Waals surface area (Å²) in [6.45, 7) is 1.58. The molecule has 1 aliphatic rings. The molecule has 5 heteroatoms. The molecule has 2 rings (SSSR count). The van der Waals surface area contributed by atoms with E-state index in [1.54, 1.807) is 19.1 Å². The summed E-state index contributed by atoms with van der Waals surface area (Å²) in [7, 11) is 0. The van der Waals surface area contributed by atoms with Gasteiger partial charge < -0.3 is 4.84 Å². The number of ketones is 1. The maximum Gasteiger partial charge on any atom is 0.299 e. The molecule has 76 valence electrons. The molecule has 0 aliphatic carbocycles. The number of carbonyl (C=O) groups is 1. The minimum absolute atomic E-state index is 0.241. The number of Topliss-reactive ketones (excluding diaryl/α,β-unsaturated/α-hetero) is 1. The minimum atomic E-state index is -0.912. The second-order valence-corrected chi connectivity index (χ2v) is 3.05. The van der Waals surface area contributed by atoms with E-state index in [-0.39, 0.29) is 5.78 Å². The molecule has 15 heavy (non-hydrogen) atoms. The highest BCUT2D eigenvalue weighted by Gasteiger charge is 2.28. The molecule has 1 atom stereocenters. The third-order valence-electron chi connectivity index (χ3n) is 1.90. The Kier molecular flexibility index (Phi) is 2.53. The van der Waals surface area contributed by atoms with E-state index in [1.807, 2.05) is 18.2 Å². The van der Waals surface area contributed by atoms with Crippen LogP contribution in [0.2, 0.25) is 0 Å². The SMILES string of the molecule is CC1=NOC(N=Nc2ccccc2)C1=O. The molecule has 0 fully saturated rings. The van der Waals surface area contributed by atoms with E-state index in [4.69, 9.17) is 4.84 Å². The number of hydrogen-bond donors (Lipinski definition) is 0. The Morgan fingerprint density at radius 2 is 2.07 bits per heavy atom. The molecule has 0 N–H and O–H groups in total. The lowest BCUT2D eigenvalue weighted by Crippen LogP contribution is -2.18. The summed E-state index contributed by atoms with van der Waals surface area (Å²) in [4.78, 5) is 16.1. The van der Waals surface area contributed by atoms with Crippen LogP contribution in [0, 0.1) is 0 Å². The third-order valence-corrected chi connectivity index (χ3v) is 1.90. The van der Waals surface area contributed by atoms with Gasteiger partial charge in [0.15, 0.2) is 0 Å². The highest BCUT2D eigenvalue weighted by atomic mass is 16.7. The van der Waals surface area contributed by atoms with Crippen LogP contribution in [0.15, 0.2) is 45.7 Å². The first-order chi connectivity index (χ1) is 7.27. The number of hydrogen-bond acceptors (Lipinski definition) is 5. The predicted octanol–water partition coefficient (Wildman–Crippen LogP) is 2.07. The zero-order chi connectivity index (χ0) is 10.7. The second-order valence-electron chi connectivity index (χ2n) is 3.05. The Labute approximate surface area is 86.5 Å². The summed E-state index contributed by atoms with van der Waals surface area (Å²) in [6, 6.07) is 9.14. The van der Waals surface area contributed by atoms with Crippen LogP contribution in [0.25, 0.3) is 0 Å². The molecular weight excluding hydrogens is 194 g/mol. The van der Waals surface area contributed by atoms with Crippen LogP contribution in [0.1, 0.15) is 6.92 Å². The average Bonchev–Trinajstić information content (AvgIpc) is 2.59. The van der Waals surface area contributed by atoms with Gasteiger partial charge in [-0.1, -0.05) is 23.4 Å². The molecular formula is C10H9N3O2. The molecule has 0 spiro atoms. The Morgan fingerprint density at radius 1 is 1.33 bits per heavy atom. The van der Waals surface area contributed by atoms with Crippen molar-refractivity contribution in [2.75, 3.05) is 0 Å². The van der Waals surface area contributed by atoms with Gasteiger partial charge in [-0.3, -0.25) is 4.79 Å². The molecule has 5 nitrogen and oxygen atoms in total. The lowest BCUT2D eigenvalue weighted by molar-refractivity contribution is -0.120. The van der Waals surface area contributed by atoms with Gasteiger partial charge in [-0.2, -0.15) is 5.11 Å². The first kappa shape index (κ1) is 9.51. The molecule has 0 aromatic heterocycles. The van der Waals surface area contributed by atoms with Crippen molar-refractivity contribution >= 4 is 17.2 Å². The first-order valence-electron chi connectivity index (χ1n) is 4.48. The van der Waals surface area contributed by atoms with E-state index < -0.39 is 6.23 Å². The van der Waals surface area contributed by atoms with Crippen molar-refractivity contribution in [3.8, 4) is 0 Å². The quantitative estimate of drug-likeness (QED) is 0.690. The normalized spacial score (nSPS) is 20.5. The van der Waals surface area contributed by atoms with E-state index in [1.165, 1.54) is 0 Å². The summed E-state index contributed by atoms with van der Waals surface area (Å²) in [5.74, 6) is -0.241. The molecule has 0 amide bonds. The zero-order valence-corrected chi connectivity index (χ0v) is 8.12. The monoisotopic (exact) mass is 203 g/mol. The Balaban J connectivity index is 2.05. The fourth-order valence-electron chi connectivity index (χ4n) is 1.09. The smallest absolute Gasteiger partial charge is 0.299 e. The Bertz CT molecular complexity index is 426. The third kappa shape index (κ3) is 2.07. The van der Waals surface area contributed by atoms with Crippen molar-refractivity contribution in [1.29, 1.82) is 0 Å². The lowest BCUT2D eigenvalue weighted by Gasteiger charge is -1.97. The number of carbonyl (C=O) groups excluding carboxylic acids is 1. The van der Waals surface area contributed by atoms with Gasteiger partial charge in [-0.25, -0.2) is 0 Å². The fraction of sp³-hybridized carbons (Fsp3) is 0.200. The maximum absolute atomic E-state index is 11.3. The number of benzene rings is 1. The summed E-state index contributed by atoms with van der Waals surface area (Å²) < 4.78 is 0. The number of rotatable bonds is 2. The van der Waals surface area contributed by atoms with Crippen LogP contribution in [-0.4, -0.2) is 17.7 Å². The number of oxime groups is 1. The highest BCUT2D eigenvalue weighted by Crippen LogP contribution is 2.14. The van der Waals surface area contributed by atoms with E-state index >= 15 is 0 Å². The van der Waals surface area contributed by atoms with Crippen LogP contribution >= 0.6 is 0 Å². The number of nitrogens with zero attached hydrogens (tertiary/aromatic N) is 3. The summed E-state index contributed by atoms with van der Waals surface area (Å²) in [5, 5.41) is 11.2. The van der Waals surface area contributed by atoms with Gasteiger partial charge in [0.05, 0.1) is 5.69 Å². The standard InChI is InChI=1S/C10H9N3O2/c1-7-9(14)10(15-13-7)12-11-8-5-3-2-4-6-8/h2-6,10H,1H3. The van der Waals surface area contributed by atoms with E-state index in [9.17, 15) is 4.79 Å². The predicted molar refractivity (Wildman–Crippen MR) is 53.9 cm³/mol. The largest absolute Gasteiger partial charge is 0.358 e. The molecule has 1 aliphatic heterocycles. The van der Waals surface area contributed by atoms with Gasteiger partial charge in [0.25, 0.3) is 6.23 Å². The maximum atomic E-state index is 11.3. The molecule has 1 aromatic carbocycles. The molecule has 1 heterocycles. The van der Waals surface area contributed by atoms with Crippen LogP contribution in [-0.2, 0) is 9.63 Å². The highest BCUT2D eigenvalue weighted by molar-refractivity contribution is 6.41. The van der Waals surface area contributed by atoms with Crippen molar-refractivity contribution in [1.82, 2.24) is 0 Å². The molecule has 0 saturated heterocycles. The van der Waals surface area contributed by atoms with Crippen molar-refractivity contribution in [2.24, 2.45) is 15.4 Å². The molecule has 0 radical (unpaired) electrons. The number of azo groups is 1. The summed E-state index contributed by atoms with van der Waals surface area (Å²) in [6.07, 6.45) is -0.912. The molecule has 0 bridgehead atoms. The first-order valence-corrected chi connectivity index (χ1v) is 4.48. The summed E-state index contributed by atoms with van der Waals surface area (Å²) in [5.41, 5.74) is 1.01. The van der Waals surface area contributed by atoms with Crippen molar-refractivity contribution in [3.63, 3.8) is 0 Å². The minimum Gasteiger partial charge on any atom is -0.358 e. The van der Waals surface area contributed by atoms with E-state index in [0.29, 0.717) is 11.4 Å².